The van der Waals surface area contributed by atoms with Crippen molar-refractivity contribution in [1.29, 1.82) is 0 Å². The van der Waals surface area contributed by atoms with Crippen molar-refractivity contribution < 1.29 is 4.42 Å². The topological polar surface area (TPSA) is 39.2 Å². The first-order valence-electron chi connectivity index (χ1n) is 4.76. The van der Waals surface area contributed by atoms with E-state index in [1.54, 1.807) is 6.26 Å². The van der Waals surface area contributed by atoms with Crippen molar-refractivity contribution in [3.05, 3.63) is 35.6 Å². The highest BCUT2D eigenvalue weighted by Crippen LogP contribution is 2.30. The summed E-state index contributed by atoms with van der Waals surface area (Å²) in [5.74, 6) is 0. The Morgan fingerprint density at radius 1 is 1.29 bits per heavy atom. The average molecular weight is 189 g/mol. The van der Waals surface area contributed by atoms with Crippen LogP contribution in [-0.2, 0) is 5.54 Å². The summed E-state index contributed by atoms with van der Waals surface area (Å²) >= 11 is 0. The summed E-state index contributed by atoms with van der Waals surface area (Å²) in [4.78, 5) is 0. The van der Waals surface area contributed by atoms with Crippen LogP contribution in [0.1, 0.15) is 25.0 Å². The number of hydrogen-bond donors (Lipinski definition) is 1. The molecule has 0 saturated carbocycles. The van der Waals surface area contributed by atoms with E-state index in [1.807, 2.05) is 26.0 Å². The molecule has 0 aliphatic carbocycles. The molecule has 2 N–H and O–H groups in total. The molecule has 0 aliphatic rings. The molecule has 0 aliphatic heterocycles. The molecule has 0 fully saturated rings. The normalized spacial score (nSPS) is 12.3. The predicted octanol–water partition coefficient (Wildman–Crippen LogP) is 2.94. The van der Waals surface area contributed by atoms with Gasteiger partial charge in [0.15, 0.2) is 0 Å². The molecule has 0 saturated heterocycles. The van der Waals surface area contributed by atoms with Crippen LogP contribution in [0.4, 0.5) is 0 Å². The molecule has 2 nitrogen and oxygen atoms in total. The summed E-state index contributed by atoms with van der Waals surface area (Å²) in [6, 6.07) is 6.04. The van der Waals surface area contributed by atoms with Crippen molar-refractivity contribution in [2.45, 2.75) is 26.3 Å². The first kappa shape index (κ1) is 9.28. The van der Waals surface area contributed by atoms with Crippen LogP contribution < -0.4 is 5.73 Å². The summed E-state index contributed by atoms with van der Waals surface area (Å²) < 4.78 is 5.48. The minimum Gasteiger partial charge on any atom is -0.464 e. The van der Waals surface area contributed by atoms with Crippen LogP contribution in [-0.4, -0.2) is 0 Å². The van der Waals surface area contributed by atoms with E-state index in [0.29, 0.717) is 0 Å². The van der Waals surface area contributed by atoms with E-state index in [0.717, 1.165) is 16.5 Å². The van der Waals surface area contributed by atoms with Gasteiger partial charge in [0.25, 0.3) is 0 Å². The van der Waals surface area contributed by atoms with Crippen molar-refractivity contribution in [1.82, 2.24) is 0 Å². The van der Waals surface area contributed by atoms with Crippen LogP contribution in [0.5, 0.6) is 0 Å². The van der Waals surface area contributed by atoms with Crippen LogP contribution in [0, 0.1) is 6.92 Å². The molecule has 74 valence electrons. The third kappa shape index (κ3) is 1.32. The maximum absolute atomic E-state index is 6.08. The third-order valence-electron chi connectivity index (χ3n) is 2.50. The van der Waals surface area contributed by atoms with E-state index in [-0.39, 0.29) is 5.54 Å². The molecule has 2 heteroatoms. The molecule has 0 spiro atoms. The summed E-state index contributed by atoms with van der Waals surface area (Å²) in [5, 5.41) is 1.15. The lowest BCUT2D eigenvalue weighted by Gasteiger charge is -2.17. The van der Waals surface area contributed by atoms with Crippen LogP contribution in [0.25, 0.3) is 11.0 Å². The van der Waals surface area contributed by atoms with Gasteiger partial charge in [-0.15, -0.1) is 0 Å². The van der Waals surface area contributed by atoms with E-state index < -0.39 is 0 Å². The van der Waals surface area contributed by atoms with Crippen LogP contribution in [0.15, 0.2) is 28.9 Å². The number of rotatable bonds is 1. The minimum atomic E-state index is -0.350. The predicted molar refractivity (Wildman–Crippen MR) is 58.2 cm³/mol. The van der Waals surface area contributed by atoms with Gasteiger partial charge in [-0.1, -0.05) is 12.1 Å². The van der Waals surface area contributed by atoms with Gasteiger partial charge in [0.05, 0.1) is 6.26 Å². The van der Waals surface area contributed by atoms with E-state index in [1.165, 1.54) is 5.56 Å². The van der Waals surface area contributed by atoms with Crippen molar-refractivity contribution >= 4 is 11.0 Å². The molecule has 1 heterocycles. The fraction of sp³-hybridized carbons (Fsp3) is 0.333. The highest BCUT2D eigenvalue weighted by Gasteiger charge is 2.20. The van der Waals surface area contributed by atoms with Gasteiger partial charge < -0.3 is 10.2 Å². The smallest absolute Gasteiger partial charge is 0.134 e. The number of nitrogens with two attached hydrogens (primary N) is 1. The van der Waals surface area contributed by atoms with Crippen molar-refractivity contribution in [3.63, 3.8) is 0 Å². The van der Waals surface area contributed by atoms with Gasteiger partial charge in [0, 0.05) is 16.5 Å². The Balaban J connectivity index is 2.80. The van der Waals surface area contributed by atoms with Crippen LogP contribution >= 0.6 is 0 Å². The Kier molecular flexibility index (Phi) is 1.89. The third-order valence-corrected chi connectivity index (χ3v) is 2.50. The van der Waals surface area contributed by atoms with Gasteiger partial charge in [-0.2, -0.15) is 0 Å². The summed E-state index contributed by atoms with van der Waals surface area (Å²) in [6.07, 6.45) is 1.76. The van der Waals surface area contributed by atoms with Crippen molar-refractivity contribution in [3.8, 4) is 0 Å². The van der Waals surface area contributed by atoms with Crippen LogP contribution in [0.3, 0.4) is 0 Å². The summed E-state index contributed by atoms with van der Waals surface area (Å²) in [6.45, 7) is 6.06. The Labute approximate surface area is 83.7 Å². The van der Waals surface area contributed by atoms with Crippen LogP contribution in [0.2, 0.25) is 0 Å². The number of aryl methyl sites for hydroxylation is 1. The second kappa shape index (κ2) is 2.85. The van der Waals surface area contributed by atoms with E-state index in [4.69, 9.17) is 10.2 Å². The van der Waals surface area contributed by atoms with Gasteiger partial charge >= 0.3 is 0 Å². The molecule has 2 rings (SSSR count). The molecule has 1 aromatic heterocycles. The number of furan rings is 1. The van der Waals surface area contributed by atoms with Crippen molar-refractivity contribution in [2.24, 2.45) is 5.73 Å². The molecule has 0 radical (unpaired) electrons. The Hall–Kier alpha value is -1.28. The fourth-order valence-corrected chi connectivity index (χ4v) is 1.74. The fourth-order valence-electron chi connectivity index (χ4n) is 1.74. The number of fused-ring (bicyclic) bond motifs is 1. The zero-order valence-corrected chi connectivity index (χ0v) is 8.79. The minimum absolute atomic E-state index is 0.350. The Morgan fingerprint density at radius 3 is 2.64 bits per heavy atom. The first-order chi connectivity index (χ1) is 6.50. The molecule has 2 aromatic rings. The summed E-state index contributed by atoms with van der Waals surface area (Å²) in [7, 11) is 0. The number of benzene rings is 1. The van der Waals surface area contributed by atoms with E-state index >= 15 is 0 Å². The highest BCUT2D eigenvalue weighted by molar-refractivity contribution is 5.85. The van der Waals surface area contributed by atoms with Gasteiger partial charge in [-0.3, -0.25) is 0 Å². The zero-order valence-electron chi connectivity index (χ0n) is 8.79. The highest BCUT2D eigenvalue weighted by atomic mass is 16.3. The maximum atomic E-state index is 6.08. The monoisotopic (exact) mass is 189 g/mol. The molecule has 14 heavy (non-hydrogen) atoms. The molecule has 0 unspecified atom stereocenters. The average Bonchev–Trinajstić information content (AvgIpc) is 2.47. The molecular formula is C12H15NO. The first-order valence-corrected chi connectivity index (χ1v) is 4.76. The molecule has 1 aromatic carbocycles. The quantitative estimate of drug-likeness (QED) is 0.749. The molecule has 0 amide bonds. The molecule has 0 bridgehead atoms. The van der Waals surface area contributed by atoms with Gasteiger partial charge in [0.1, 0.15) is 5.58 Å². The van der Waals surface area contributed by atoms with E-state index in [2.05, 4.69) is 13.0 Å². The SMILES string of the molecule is Cc1cccc2occ(C(C)(C)N)c12. The largest absolute Gasteiger partial charge is 0.464 e. The molecule has 0 atom stereocenters. The lowest BCUT2D eigenvalue weighted by Crippen LogP contribution is -2.28. The molecular weight excluding hydrogens is 174 g/mol. The summed E-state index contributed by atoms with van der Waals surface area (Å²) in [5.41, 5.74) is 8.93. The second-order valence-corrected chi connectivity index (χ2v) is 4.32. The maximum Gasteiger partial charge on any atom is 0.134 e. The second-order valence-electron chi connectivity index (χ2n) is 4.32. The lowest BCUT2D eigenvalue weighted by molar-refractivity contribution is 0.534. The van der Waals surface area contributed by atoms with Gasteiger partial charge in [0.2, 0.25) is 0 Å². The van der Waals surface area contributed by atoms with Crippen molar-refractivity contribution in [2.75, 3.05) is 0 Å². The zero-order chi connectivity index (χ0) is 10.3. The Bertz CT molecular complexity index is 463. The van der Waals surface area contributed by atoms with Gasteiger partial charge in [-0.05, 0) is 32.4 Å². The van der Waals surface area contributed by atoms with Gasteiger partial charge in [-0.25, -0.2) is 0 Å². The number of hydrogen-bond acceptors (Lipinski definition) is 2. The lowest BCUT2D eigenvalue weighted by atomic mass is 9.93. The van der Waals surface area contributed by atoms with E-state index in [9.17, 15) is 0 Å². The standard InChI is InChI=1S/C12H15NO/c1-8-5-4-6-10-11(8)9(7-14-10)12(2,3)13/h4-7H,13H2,1-3H3. The Morgan fingerprint density at radius 2 is 2.00 bits per heavy atom.